The zero-order valence-electron chi connectivity index (χ0n) is 9.96. The molecule has 84 valence electrons. The molecule has 0 spiro atoms. The van der Waals surface area contributed by atoms with Crippen LogP contribution < -0.4 is 0 Å². The minimum atomic E-state index is 0.512. The third kappa shape index (κ3) is 3.87. The van der Waals surface area contributed by atoms with Gasteiger partial charge in [-0.05, 0) is 35.8 Å². The minimum absolute atomic E-state index is 0.512. The van der Waals surface area contributed by atoms with Crippen LogP contribution in [-0.4, -0.2) is 5.88 Å². The number of aryl methyl sites for hydroxylation is 1. The lowest BCUT2D eigenvalue weighted by Crippen LogP contribution is -2.04. The first-order valence-electron chi connectivity index (χ1n) is 5.82. The van der Waals surface area contributed by atoms with Gasteiger partial charge in [0.1, 0.15) is 0 Å². The Hall–Kier alpha value is -0.490. The Kier molecular flexibility index (Phi) is 5.17. The Labute approximate surface area is 98.7 Å². The fourth-order valence-corrected chi connectivity index (χ4v) is 2.19. The lowest BCUT2D eigenvalue weighted by atomic mass is 9.91. The van der Waals surface area contributed by atoms with Crippen LogP contribution in [0.1, 0.15) is 44.2 Å². The number of hydrogen-bond acceptors (Lipinski definition) is 0. The molecular weight excluding hydrogens is 204 g/mol. The largest absolute Gasteiger partial charge is 0.126 e. The van der Waals surface area contributed by atoms with Crippen LogP contribution in [-0.2, 0) is 6.42 Å². The summed E-state index contributed by atoms with van der Waals surface area (Å²) in [6, 6.07) is 8.90. The van der Waals surface area contributed by atoms with Crippen LogP contribution >= 0.6 is 11.6 Å². The summed E-state index contributed by atoms with van der Waals surface area (Å²) in [4.78, 5) is 0. The number of rotatable bonds is 5. The van der Waals surface area contributed by atoms with E-state index in [0.29, 0.717) is 11.8 Å². The van der Waals surface area contributed by atoms with E-state index in [0.717, 1.165) is 12.3 Å². The summed E-state index contributed by atoms with van der Waals surface area (Å²) in [5, 5.41) is 0. The van der Waals surface area contributed by atoms with Crippen LogP contribution in [0.4, 0.5) is 0 Å². The third-order valence-electron chi connectivity index (χ3n) is 2.80. The molecule has 0 fully saturated rings. The van der Waals surface area contributed by atoms with Crippen molar-refractivity contribution in [3.8, 4) is 0 Å². The van der Waals surface area contributed by atoms with Crippen molar-refractivity contribution >= 4 is 11.6 Å². The topological polar surface area (TPSA) is 0 Å². The second kappa shape index (κ2) is 6.17. The minimum Gasteiger partial charge on any atom is -0.126 e. The molecule has 0 aliphatic carbocycles. The highest BCUT2D eigenvalue weighted by Gasteiger charge is 2.11. The molecule has 1 rings (SSSR count). The molecule has 0 heterocycles. The number of halogens is 1. The van der Waals surface area contributed by atoms with Gasteiger partial charge >= 0.3 is 0 Å². The second-order valence-electron chi connectivity index (χ2n) is 4.58. The summed E-state index contributed by atoms with van der Waals surface area (Å²) in [6.45, 7) is 6.68. The van der Waals surface area contributed by atoms with E-state index >= 15 is 0 Å². The molecule has 15 heavy (non-hydrogen) atoms. The van der Waals surface area contributed by atoms with Crippen molar-refractivity contribution in [3.63, 3.8) is 0 Å². The van der Waals surface area contributed by atoms with Crippen LogP contribution in [0.3, 0.4) is 0 Å². The van der Waals surface area contributed by atoms with Gasteiger partial charge in [0.25, 0.3) is 0 Å². The summed E-state index contributed by atoms with van der Waals surface area (Å²) in [7, 11) is 0. The van der Waals surface area contributed by atoms with Gasteiger partial charge in [0.2, 0.25) is 0 Å². The molecule has 0 aromatic heterocycles. The molecule has 0 aliphatic rings. The Morgan fingerprint density at radius 2 is 1.73 bits per heavy atom. The first kappa shape index (κ1) is 12.6. The molecule has 0 radical (unpaired) electrons. The molecule has 0 N–H and O–H groups in total. The Morgan fingerprint density at radius 1 is 1.13 bits per heavy atom. The van der Waals surface area contributed by atoms with E-state index < -0.39 is 0 Å². The number of hydrogen-bond donors (Lipinski definition) is 0. The lowest BCUT2D eigenvalue weighted by Gasteiger charge is -2.16. The van der Waals surface area contributed by atoms with Gasteiger partial charge in [-0.25, -0.2) is 0 Å². The molecule has 0 amide bonds. The predicted octanol–water partition coefficient (Wildman–Crippen LogP) is 4.62. The summed E-state index contributed by atoms with van der Waals surface area (Å²) in [5.41, 5.74) is 2.78. The highest BCUT2D eigenvalue weighted by Crippen LogP contribution is 2.25. The third-order valence-corrected chi connectivity index (χ3v) is 3.17. The van der Waals surface area contributed by atoms with Crippen molar-refractivity contribution in [1.29, 1.82) is 0 Å². The van der Waals surface area contributed by atoms with Crippen molar-refractivity contribution in [2.24, 2.45) is 5.92 Å². The van der Waals surface area contributed by atoms with Crippen molar-refractivity contribution in [3.05, 3.63) is 35.4 Å². The SMILES string of the molecule is CCc1ccc(C(CCl)CC(C)C)cc1. The van der Waals surface area contributed by atoms with E-state index in [1.165, 1.54) is 17.5 Å². The molecule has 0 nitrogen and oxygen atoms in total. The van der Waals surface area contributed by atoms with Crippen molar-refractivity contribution < 1.29 is 0 Å². The van der Waals surface area contributed by atoms with E-state index in [1.807, 2.05) is 0 Å². The van der Waals surface area contributed by atoms with Crippen LogP contribution in [0, 0.1) is 5.92 Å². The van der Waals surface area contributed by atoms with E-state index in [9.17, 15) is 0 Å². The molecule has 1 unspecified atom stereocenters. The van der Waals surface area contributed by atoms with E-state index in [1.54, 1.807) is 0 Å². The number of alkyl halides is 1. The van der Waals surface area contributed by atoms with Gasteiger partial charge in [-0.3, -0.25) is 0 Å². The molecule has 1 atom stereocenters. The quantitative estimate of drug-likeness (QED) is 0.641. The predicted molar refractivity (Wildman–Crippen MR) is 68.7 cm³/mol. The van der Waals surface area contributed by atoms with Gasteiger partial charge < -0.3 is 0 Å². The summed E-state index contributed by atoms with van der Waals surface area (Å²) in [5.74, 6) is 1.95. The van der Waals surface area contributed by atoms with Crippen LogP contribution in [0.15, 0.2) is 24.3 Å². The van der Waals surface area contributed by atoms with Gasteiger partial charge in [-0.2, -0.15) is 0 Å². The molecule has 0 aliphatic heterocycles. The van der Waals surface area contributed by atoms with E-state index in [4.69, 9.17) is 11.6 Å². The maximum Gasteiger partial charge on any atom is 0.0292 e. The van der Waals surface area contributed by atoms with Gasteiger partial charge in [-0.1, -0.05) is 45.0 Å². The van der Waals surface area contributed by atoms with Crippen LogP contribution in [0.5, 0.6) is 0 Å². The van der Waals surface area contributed by atoms with Crippen molar-refractivity contribution in [1.82, 2.24) is 0 Å². The van der Waals surface area contributed by atoms with Crippen LogP contribution in [0.25, 0.3) is 0 Å². The Bertz CT molecular complexity index is 274. The van der Waals surface area contributed by atoms with Crippen molar-refractivity contribution in [2.45, 2.75) is 39.5 Å². The average Bonchev–Trinajstić information content (AvgIpc) is 2.26. The molecule has 0 saturated heterocycles. The highest BCUT2D eigenvalue weighted by molar-refractivity contribution is 6.18. The van der Waals surface area contributed by atoms with Crippen LogP contribution in [0.2, 0.25) is 0 Å². The summed E-state index contributed by atoms with van der Waals surface area (Å²) in [6.07, 6.45) is 2.28. The van der Waals surface area contributed by atoms with E-state index in [-0.39, 0.29) is 0 Å². The van der Waals surface area contributed by atoms with Gasteiger partial charge in [0, 0.05) is 5.88 Å². The van der Waals surface area contributed by atoms with Gasteiger partial charge in [-0.15, -0.1) is 11.6 Å². The Morgan fingerprint density at radius 3 is 2.13 bits per heavy atom. The zero-order chi connectivity index (χ0) is 11.3. The van der Waals surface area contributed by atoms with Gasteiger partial charge in [0.05, 0.1) is 0 Å². The lowest BCUT2D eigenvalue weighted by molar-refractivity contribution is 0.526. The standard InChI is InChI=1S/C14H21Cl/c1-4-12-5-7-13(8-6-12)14(10-15)9-11(2)3/h5-8,11,14H,4,9-10H2,1-3H3. The second-order valence-corrected chi connectivity index (χ2v) is 4.88. The Balaban J connectivity index is 2.74. The van der Waals surface area contributed by atoms with Gasteiger partial charge in [0.15, 0.2) is 0 Å². The van der Waals surface area contributed by atoms with Crippen molar-refractivity contribution in [2.75, 3.05) is 5.88 Å². The molecule has 1 heteroatoms. The molecule has 1 aromatic rings. The fourth-order valence-electron chi connectivity index (χ4n) is 1.88. The highest BCUT2D eigenvalue weighted by atomic mass is 35.5. The van der Waals surface area contributed by atoms with E-state index in [2.05, 4.69) is 45.0 Å². The average molecular weight is 225 g/mol. The maximum absolute atomic E-state index is 6.02. The number of benzene rings is 1. The summed E-state index contributed by atoms with van der Waals surface area (Å²) < 4.78 is 0. The zero-order valence-corrected chi connectivity index (χ0v) is 10.7. The molecular formula is C14H21Cl. The first-order valence-corrected chi connectivity index (χ1v) is 6.35. The first-order chi connectivity index (χ1) is 7.17. The summed E-state index contributed by atoms with van der Waals surface area (Å²) >= 11 is 6.02. The normalized spacial score (nSPS) is 13.1. The monoisotopic (exact) mass is 224 g/mol. The maximum atomic E-state index is 6.02. The molecule has 1 aromatic carbocycles. The fraction of sp³-hybridized carbons (Fsp3) is 0.571. The smallest absolute Gasteiger partial charge is 0.0292 e. The molecule has 0 bridgehead atoms. The molecule has 0 saturated carbocycles.